The largest absolute Gasteiger partial charge is 0.371 e. The fourth-order valence-electron chi connectivity index (χ4n) is 1.84. The molecule has 0 aliphatic carbocycles. The van der Waals surface area contributed by atoms with E-state index in [0.717, 1.165) is 0 Å². The normalized spacial score (nSPS) is 16.0. The Morgan fingerprint density at radius 2 is 1.94 bits per heavy atom. The van der Waals surface area contributed by atoms with Crippen LogP contribution in [0.5, 0.6) is 0 Å². The molecule has 0 N–H and O–H groups in total. The third-order valence-corrected chi connectivity index (χ3v) is 2.70. The van der Waals surface area contributed by atoms with Crippen LogP contribution in [0.2, 0.25) is 0 Å². The summed E-state index contributed by atoms with van der Waals surface area (Å²) >= 11 is 0. The van der Waals surface area contributed by atoms with Gasteiger partial charge in [0, 0.05) is 31.6 Å². The first-order valence-corrected chi connectivity index (χ1v) is 5.16. The smallest absolute Gasteiger partial charge is 0.136 e. The van der Waals surface area contributed by atoms with E-state index in [1.54, 1.807) is 6.07 Å². The second-order valence-corrected chi connectivity index (χ2v) is 3.84. The maximum absolute atomic E-state index is 13.2. The lowest BCUT2D eigenvalue weighted by molar-refractivity contribution is -0.119. The van der Waals surface area contributed by atoms with Crippen molar-refractivity contribution in [1.82, 2.24) is 0 Å². The van der Waals surface area contributed by atoms with Crippen molar-refractivity contribution in [1.29, 1.82) is 5.26 Å². The zero-order valence-electron chi connectivity index (χ0n) is 8.74. The summed E-state index contributed by atoms with van der Waals surface area (Å²) in [4.78, 5) is 13.0. The quantitative estimate of drug-likeness (QED) is 0.722. The van der Waals surface area contributed by atoms with Gasteiger partial charge in [-0.15, -0.1) is 0 Å². The van der Waals surface area contributed by atoms with E-state index in [0.29, 0.717) is 37.2 Å². The maximum Gasteiger partial charge on any atom is 0.136 e. The van der Waals surface area contributed by atoms with Crippen molar-refractivity contribution in [3.63, 3.8) is 0 Å². The zero-order valence-corrected chi connectivity index (χ0v) is 8.74. The van der Waals surface area contributed by atoms with Gasteiger partial charge in [0.05, 0.1) is 11.6 Å². The number of nitrogens with zero attached hydrogens (tertiary/aromatic N) is 2. The minimum Gasteiger partial charge on any atom is -0.371 e. The molecule has 3 nitrogen and oxygen atoms in total. The number of Topliss-reactive ketones (excluding diaryl/α,β-unsaturated/α-hetero) is 1. The molecule has 1 saturated heterocycles. The molecule has 0 aromatic heterocycles. The highest BCUT2D eigenvalue weighted by molar-refractivity contribution is 5.81. The Kier molecular flexibility index (Phi) is 2.86. The molecule has 0 spiro atoms. The lowest BCUT2D eigenvalue weighted by Gasteiger charge is -2.28. The van der Waals surface area contributed by atoms with Crippen LogP contribution in [0.25, 0.3) is 0 Å². The first-order chi connectivity index (χ1) is 7.69. The van der Waals surface area contributed by atoms with Gasteiger partial charge in [-0.05, 0) is 18.2 Å². The lowest BCUT2D eigenvalue weighted by Crippen LogP contribution is -2.33. The molecule has 82 valence electrons. The Balaban J connectivity index is 2.24. The van der Waals surface area contributed by atoms with Crippen LogP contribution in [0, 0.1) is 17.1 Å². The van der Waals surface area contributed by atoms with Crippen molar-refractivity contribution >= 4 is 11.5 Å². The third-order valence-electron chi connectivity index (χ3n) is 2.70. The van der Waals surface area contributed by atoms with Gasteiger partial charge in [-0.3, -0.25) is 4.79 Å². The minimum atomic E-state index is -0.411. The van der Waals surface area contributed by atoms with Gasteiger partial charge >= 0.3 is 0 Å². The molecule has 2 rings (SSSR count). The number of halogens is 1. The second kappa shape index (κ2) is 4.31. The lowest BCUT2D eigenvalue weighted by atomic mass is 10.1. The molecule has 1 aliphatic heterocycles. The molecule has 1 fully saturated rings. The molecule has 1 aromatic rings. The molecule has 0 radical (unpaired) electrons. The van der Waals surface area contributed by atoms with E-state index in [9.17, 15) is 9.18 Å². The molecule has 0 amide bonds. The standard InChI is InChI=1S/C12H11FN2O/c13-10-5-9(8-14)6-11(7-10)15-3-1-12(16)2-4-15/h5-7H,1-4H2. The van der Waals surface area contributed by atoms with Crippen LogP contribution in [0.3, 0.4) is 0 Å². The average molecular weight is 218 g/mol. The molecular formula is C12H11FN2O. The van der Waals surface area contributed by atoms with Gasteiger partial charge in [-0.2, -0.15) is 5.26 Å². The number of rotatable bonds is 1. The number of nitriles is 1. The summed E-state index contributed by atoms with van der Waals surface area (Å²) in [5.74, 6) is -0.167. The van der Waals surface area contributed by atoms with Gasteiger partial charge in [-0.25, -0.2) is 4.39 Å². The SMILES string of the molecule is N#Cc1cc(F)cc(N2CCC(=O)CC2)c1. The van der Waals surface area contributed by atoms with Gasteiger partial charge in [0.2, 0.25) is 0 Å². The molecule has 16 heavy (non-hydrogen) atoms. The molecule has 1 aromatic carbocycles. The summed E-state index contributed by atoms with van der Waals surface area (Å²) in [5, 5.41) is 8.74. The van der Waals surface area contributed by atoms with Crippen molar-refractivity contribution in [3.8, 4) is 6.07 Å². The average Bonchev–Trinajstić information content (AvgIpc) is 2.29. The van der Waals surface area contributed by atoms with Crippen LogP contribution in [0.15, 0.2) is 18.2 Å². The molecule has 4 heteroatoms. The summed E-state index contributed by atoms with van der Waals surface area (Å²) in [5.41, 5.74) is 0.996. The highest BCUT2D eigenvalue weighted by Gasteiger charge is 2.17. The highest BCUT2D eigenvalue weighted by atomic mass is 19.1. The summed E-state index contributed by atoms with van der Waals surface area (Å²) in [6.45, 7) is 1.21. The van der Waals surface area contributed by atoms with E-state index >= 15 is 0 Å². The topological polar surface area (TPSA) is 44.1 Å². The Morgan fingerprint density at radius 3 is 2.56 bits per heavy atom. The number of carbonyl (C=O) groups excluding carboxylic acids is 1. The fourth-order valence-corrected chi connectivity index (χ4v) is 1.84. The Bertz CT molecular complexity index is 455. The second-order valence-electron chi connectivity index (χ2n) is 3.84. The van der Waals surface area contributed by atoms with Gasteiger partial charge in [0.15, 0.2) is 0 Å². The van der Waals surface area contributed by atoms with Crippen molar-refractivity contribution in [2.45, 2.75) is 12.8 Å². The van der Waals surface area contributed by atoms with Gasteiger partial charge in [0.1, 0.15) is 11.6 Å². The molecule has 1 heterocycles. The van der Waals surface area contributed by atoms with E-state index in [2.05, 4.69) is 0 Å². The monoisotopic (exact) mass is 218 g/mol. The van der Waals surface area contributed by atoms with Gasteiger partial charge in [0.25, 0.3) is 0 Å². The van der Waals surface area contributed by atoms with E-state index in [1.165, 1.54) is 12.1 Å². The van der Waals surface area contributed by atoms with Gasteiger partial charge < -0.3 is 4.90 Å². The predicted molar refractivity (Wildman–Crippen MR) is 57.6 cm³/mol. The Morgan fingerprint density at radius 1 is 1.25 bits per heavy atom. The maximum atomic E-state index is 13.2. The first kappa shape index (κ1) is 10.6. The number of benzene rings is 1. The van der Waals surface area contributed by atoms with E-state index in [-0.39, 0.29) is 5.78 Å². The molecular weight excluding hydrogens is 207 g/mol. The van der Waals surface area contributed by atoms with Crippen LogP contribution in [-0.4, -0.2) is 18.9 Å². The number of anilines is 1. The Labute approximate surface area is 93.1 Å². The van der Waals surface area contributed by atoms with E-state index < -0.39 is 5.82 Å². The van der Waals surface area contributed by atoms with Crippen molar-refractivity contribution < 1.29 is 9.18 Å². The summed E-state index contributed by atoms with van der Waals surface area (Å²) in [6.07, 6.45) is 0.997. The van der Waals surface area contributed by atoms with Crippen LogP contribution in [0.1, 0.15) is 18.4 Å². The van der Waals surface area contributed by atoms with Gasteiger partial charge in [-0.1, -0.05) is 0 Å². The highest BCUT2D eigenvalue weighted by Crippen LogP contribution is 2.21. The predicted octanol–water partition coefficient (Wildman–Crippen LogP) is 1.87. The number of piperidine rings is 1. The van der Waals surface area contributed by atoms with Crippen molar-refractivity contribution in [2.75, 3.05) is 18.0 Å². The molecule has 0 saturated carbocycles. The third kappa shape index (κ3) is 2.19. The summed E-state index contributed by atoms with van der Waals surface area (Å²) in [7, 11) is 0. The summed E-state index contributed by atoms with van der Waals surface area (Å²) < 4.78 is 13.2. The van der Waals surface area contributed by atoms with Crippen LogP contribution in [-0.2, 0) is 4.79 Å². The zero-order chi connectivity index (χ0) is 11.5. The minimum absolute atomic E-state index is 0.244. The number of ketones is 1. The summed E-state index contributed by atoms with van der Waals surface area (Å²) in [6, 6.07) is 6.18. The Hall–Kier alpha value is -1.89. The van der Waals surface area contributed by atoms with Crippen molar-refractivity contribution in [3.05, 3.63) is 29.6 Å². The van der Waals surface area contributed by atoms with Crippen molar-refractivity contribution in [2.24, 2.45) is 0 Å². The van der Waals surface area contributed by atoms with Crippen LogP contribution < -0.4 is 4.90 Å². The number of hydrogen-bond donors (Lipinski definition) is 0. The molecule has 0 atom stereocenters. The van der Waals surface area contributed by atoms with Crippen LogP contribution >= 0.6 is 0 Å². The molecule has 1 aliphatic rings. The number of carbonyl (C=O) groups is 1. The molecule has 0 bridgehead atoms. The fraction of sp³-hybridized carbons (Fsp3) is 0.333. The van der Waals surface area contributed by atoms with E-state index in [1.807, 2.05) is 11.0 Å². The van der Waals surface area contributed by atoms with Crippen LogP contribution in [0.4, 0.5) is 10.1 Å². The van der Waals surface area contributed by atoms with E-state index in [4.69, 9.17) is 5.26 Å². The first-order valence-electron chi connectivity index (χ1n) is 5.16. The number of hydrogen-bond acceptors (Lipinski definition) is 3. The molecule has 0 unspecified atom stereocenters.